The Morgan fingerprint density at radius 3 is 2.60 bits per heavy atom. The van der Waals surface area contributed by atoms with Gasteiger partial charge in [0.25, 0.3) is 0 Å². The van der Waals surface area contributed by atoms with E-state index in [-0.39, 0.29) is 5.54 Å². The van der Waals surface area contributed by atoms with Crippen LogP contribution in [-0.2, 0) is 13.1 Å². The van der Waals surface area contributed by atoms with E-state index in [0.29, 0.717) is 0 Å². The molecule has 0 heterocycles. The van der Waals surface area contributed by atoms with Gasteiger partial charge < -0.3 is 5.32 Å². The predicted molar refractivity (Wildman–Crippen MR) is 89.8 cm³/mol. The molecule has 20 heavy (non-hydrogen) atoms. The Kier molecular flexibility index (Phi) is 5.27. The quantitative estimate of drug-likeness (QED) is 0.796. The Morgan fingerprint density at radius 1 is 1.35 bits per heavy atom. The van der Waals surface area contributed by atoms with E-state index >= 15 is 0 Å². The molecular weight excluding hydrogens is 312 g/mol. The molecule has 1 aromatic carbocycles. The van der Waals surface area contributed by atoms with Crippen LogP contribution in [0.4, 0.5) is 0 Å². The average Bonchev–Trinajstić information content (AvgIpc) is 3.23. The van der Waals surface area contributed by atoms with E-state index in [2.05, 4.69) is 72.2 Å². The molecule has 0 spiro atoms. The van der Waals surface area contributed by atoms with Crippen LogP contribution in [0.5, 0.6) is 0 Å². The Bertz CT molecular complexity index is 452. The van der Waals surface area contributed by atoms with Crippen LogP contribution in [0.1, 0.15) is 51.2 Å². The molecule has 0 unspecified atom stereocenters. The van der Waals surface area contributed by atoms with E-state index in [1.807, 2.05) is 0 Å². The number of hydrogen-bond donors (Lipinski definition) is 1. The van der Waals surface area contributed by atoms with Crippen LogP contribution in [0, 0.1) is 0 Å². The summed E-state index contributed by atoms with van der Waals surface area (Å²) in [6.07, 6.45) is 3.84. The lowest BCUT2D eigenvalue weighted by Crippen LogP contribution is -2.39. The molecule has 0 atom stereocenters. The summed E-state index contributed by atoms with van der Waals surface area (Å²) in [4.78, 5) is 2.43. The highest BCUT2D eigenvalue weighted by molar-refractivity contribution is 9.10. The summed E-state index contributed by atoms with van der Waals surface area (Å²) in [6, 6.07) is 7.54. The molecule has 0 radical (unpaired) electrons. The lowest BCUT2D eigenvalue weighted by atomic mass is 9.99. The number of nitrogens with zero attached hydrogens (tertiary/aromatic N) is 1. The third-order valence-corrected chi connectivity index (χ3v) is 5.33. The van der Waals surface area contributed by atoms with Crippen molar-refractivity contribution in [2.75, 3.05) is 7.05 Å². The lowest BCUT2D eigenvalue weighted by molar-refractivity contribution is 0.143. The third kappa shape index (κ3) is 4.31. The number of rotatable bonds is 7. The minimum atomic E-state index is 0.242. The van der Waals surface area contributed by atoms with Crippen molar-refractivity contribution in [1.82, 2.24) is 10.2 Å². The SMILES string of the molecule is CCC(C)(C)N(C)Cc1ccc(CNC2CC2)cc1Br. The number of hydrogen-bond acceptors (Lipinski definition) is 2. The van der Waals surface area contributed by atoms with Crippen molar-refractivity contribution in [2.45, 2.75) is 64.7 Å². The molecule has 1 aliphatic rings. The average molecular weight is 339 g/mol. The van der Waals surface area contributed by atoms with Gasteiger partial charge >= 0.3 is 0 Å². The van der Waals surface area contributed by atoms with Gasteiger partial charge in [-0.3, -0.25) is 4.90 Å². The fourth-order valence-corrected chi connectivity index (χ4v) is 2.67. The van der Waals surface area contributed by atoms with Crippen molar-refractivity contribution in [1.29, 1.82) is 0 Å². The summed E-state index contributed by atoms with van der Waals surface area (Å²) < 4.78 is 1.23. The van der Waals surface area contributed by atoms with Crippen molar-refractivity contribution >= 4 is 15.9 Å². The first kappa shape index (κ1) is 16.0. The fourth-order valence-electron chi connectivity index (χ4n) is 2.12. The van der Waals surface area contributed by atoms with Gasteiger partial charge in [0.2, 0.25) is 0 Å². The van der Waals surface area contributed by atoms with Gasteiger partial charge in [-0.2, -0.15) is 0 Å². The third-order valence-electron chi connectivity index (χ3n) is 4.60. The molecule has 112 valence electrons. The summed E-state index contributed by atoms with van der Waals surface area (Å²) in [5, 5.41) is 3.56. The number of nitrogens with one attached hydrogen (secondary N) is 1. The molecule has 1 N–H and O–H groups in total. The van der Waals surface area contributed by atoms with Crippen molar-refractivity contribution in [2.24, 2.45) is 0 Å². The zero-order valence-electron chi connectivity index (χ0n) is 13.2. The largest absolute Gasteiger partial charge is 0.310 e. The van der Waals surface area contributed by atoms with E-state index in [1.54, 1.807) is 0 Å². The van der Waals surface area contributed by atoms with Gasteiger partial charge in [-0.05, 0) is 57.4 Å². The predicted octanol–water partition coefficient (Wildman–Crippen LogP) is 4.32. The molecule has 1 aliphatic carbocycles. The van der Waals surface area contributed by atoms with Gasteiger partial charge in [0, 0.05) is 29.1 Å². The summed E-state index contributed by atoms with van der Waals surface area (Å²) >= 11 is 3.73. The Balaban J connectivity index is 1.97. The van der Waals surface area contributed by atoms with Crippen LogP contribution in [0.2, 0.25) is 0 Å². The van der Waals surface area contributed by atoms with Crippen LogP contribution in [0.25, 0.3) is 0 Å². The van der Waals surface area contributed by atoms with E-state index in [9.17, 15) is 0 Å². The first-order chi connectivity index (χ1) is 9.42. The second-order valence-corrected chi connectivity index (χ2v) is 7.46. The van der Waals surface area contributed by atoms with Crippen molar-refractivity contribution in [3.05, 3.63) is 33.8 Å². The zero-order valence-corrected chi connectivity index (χ0v) is 14.8. The van der Waals surface area contributed by atoms with Crippen LogP contribution in [0.3, 0.4) is 0 Å². The van der Waals surface area contributed by atoms with Crippen molar-refractivity contribution in [3.8, 4) is 0 Å². The normalized spacial score (nSPS) is 15.9. The highest BCUT2D eigenvalue weighted by atomic mass is 79.9. The van der Waals surface area contributed by atoms with Gasteiger partial charge in [0.1, 0.15) is 0 Å². The van der Waals surface area contributed by atoms with Gasteiger partial charge in [-0.25, -0.2) is 0 Å². The maximum atomic E-state index is 3.73. The first-order valence-corrected chi connectivity index (χ1v) is 8.43. The van der Waals surface area contributed by atoms with Crippen LogP contribution < -0.4 is 5.32 Å². The Labute approximate surface area is 132 Å². The van der Waals surface area contributed by atoms with Crippen LogP contribution >= 0.6 is 15.9 Å². The molecule has 0 aromatic heterocycles. The molecule has 3 heteroatoms. The van der Waals surface area contributed by atoms with Gasteiger partial charge in [0.15, 0.2) is 0 Å². The molecule has 0 amide bonds. The number of benzene rings is 1. The summed E-state index contributed by atoms with van der Waals surface area (Å²) in [5.74, 6) is 0. The molecule has 0 aliphatic heterocycles. The van der Waals surface area contributed by atoms with Crippen molar-refractivity contribution in [3.63, 3.8) is 0 Å². The first-order valence-electron chi connectivity index (χ1n) is 7.64. The summed E-state index contributed by atoms with van der Waals surface area (Å²) in [5.41, 5.74) is 2.97. The van der Waals surface area contributed by atoms with E-state index in [1.165, 1.54) is 28.4 Å². The minimum absolute atomic E-state index is 0.242. The van der Waals surface area contributed by atoms with Gasteiger partial charge in [-0.15, -0.1) is 0 Å². The van der Waals surface area contributed by atoms with Crippen molar-refractivity contribution < 1.29 is 0 Å². The maximum absolute atomic E-state index is 3.73. The second kappa shape index (κ2) is 6.59. The molecule has 1 fully saturated rings. The monoisotopic (exact) mass is 338 g/mol. The van der Waals surface area contributed by atoms with E-state index in [4.69, 9.17) is 0 Å². The molecule has 2 nitrogen and oxygen atoms in total. The molecule has 1 aromatic rings. The van der Waals surface area contributed by atoms with E-state index < -0.39 is 0 Å². The Morgan fingerprint density at radius 2 is 2.05 bits per heavy atom. The molecule has 0 bridgehead atoms. The lowest BCUT2D eigenvalue weighted by Gasteiger charge is -2.35. The highest BCUT2D eigenvalue weighted by Crippen LogP contribution is 2.25. The topological polar surface area (TPSA) is 15.3 Å². The molecular formula is C17H27BrN2. The molecule has 1 saturated carbocycles. The standard InChI is InChI=1S/C17H27BrN2/c1-5-17(2,3)20(4)12-14-7-6-13(10-16(14)18)11-19-15-8-9-15/h6-7,10,15,19H,5,8-9,11-12H2,1-4H3. The summed E-state index contributed by atoms with van der Waals surface area (Å²) in [7, 11) is 2.21. The van der Waals surface area contributed by atoms with Crippen LogP contribution in [0.15, 0.2) is 22.7 Å². The zero-order chi connectivity index (χ0) is 14.8. The van der Waals surface area contributed by atoms with Gasteiger partial charge in [0.05, 0.1) is 0 Å². The van der Waals surface area contributed by atoms with E-state index in [0.717, 1.165) is 25.6 Å². The maximum Gasteiger partial charge on any atom is 0.0247 e. The number of halogens is 1. The summed E-state index contributed by atoms with van der Waals surface area (Å²) in [6.45, 7) is 8.82. The molecule has 0 saturated heterocycles. The molecule has 2 rings (SSSR count). The smallest absolute Gasteiger partial charge is 0.0247 e. The second-order valence-electron chi connectivity index (χ2n) is 6.60. The highest BCUT2D eigenvalue weighted by Gasteiger charge is 2.22. The Hall–Kier alpha value is -0.380. The fraction of sp³-hybridized carbons (Fsp3) is 0.647. The van der Waals surface area contributed by atoms with Gasteiger partial charge in [-0.1, -0.05) is 35.0 Å². The van der Waals surface area contributed by atoms with Crippen LogP contribution in [-0.4, -0.2) is 23.5 Å². The minimum Gasteiger partial charge on any atom is -0.310 e.